The fourth-order valence-electron chi connectivity index (χ4n) is 2.85. The summed E-state index contributed by atoms with van der Waals surface area (Å²) >= 11 is 12.4. The van der Waals surface area contributed by atoms with Crippen molar-refractivity contribution in [3.8, 4) is 0 Å². The molecule has 0 bridgehead atoms. The van der Waals surface area contributed by atoms with Gasteiger partial charge in [0.25, 0.3) is 0 Å². The molecule has 0 N–H and O–H groups in total. The predicted octanol–water partition coefficient (Wildman–Crippen LogP) is 4.55. The summed E-state index contributed by atoms with van der Waals surface area (Å²) in [6, 6.07) is 5.46. The molecule has 1 spiro atoms. The van der Waals surface area contributed by atoms with Crippen LogP contribution in [-0.4, -0.2) is 11.9 Å². The number of rotatable bonds is 1. The van der Waals surface area contributed by atoms with Gasteiger partial charge in [-0.25, -0.2) is 0 Å². The minimum absolute atomic E-state index is 0.263. The van der Waals surface area contributed by atoms with Crippen LogP contribution in [0.3, 0.4) is 0 Å². The van der Waals surface area contributed by atoms with Crippen molar-refractivity contribution in [3.05, 3.63) is 40.7 Å². The maximum absolute atomic E-state index is 6.22. The average Bonchev–Trinajstić information content (AvgIpc) is 2.88. The van der Waals surface area contributed by atoms with Gasteiger partial charge < -0.3 is 9.47 Å². The molecule has 2 atom stereocenters. The lowest BCUT2D eigenvalue weighted by Gasteiger charge is -2.22. The Morgan fingerprint density at radius 2 is 1.72 bits per heavy atom. The zero-order valence-corrected chi connectivity index (χ0v) is 11.5. The van der Waals surface area contributed by atoms with Crippen LogP contribution >= 0.6 is 23.2 Å². The van der Waals surface area contributed by atoms with Crippen LogP contribution in [0.5, 0.6) is 0 Å². The third-order valence-electron chi connectivity index (χ3n) is 3.70. The first-order chi connectivity index (χ1) is 8.61. The van der Waals surface area contributed by atoms with E-state index in [0.29, 0.717) is 10.0 Å². The van der Waals surface area contributed by atoms with Crippen molar-refractivity contribution in [2.24, 2.45) is 0 Å². The first-order valence-electron chi connectivity index (χ1n) is 6.24. The molecule has 1 radical (unpaired) electrons. The van der Waals surface area contributed by atoms with Crippen LogP contribution in [0.4, 0.5) is 0 Å². The zero-order valence-electron chi connectivity index (χ0n) is 9.99. The Morgan fingerprint density at radius 1 is 1.11 bits per heavy atom. The molecule has 2 aliphatic rings. The number of ether oxygens (including phenoxy) is 2. The second-order valence-electron chi connectivity index (χ2n) is 4.95. The smallest absolute Gasteiger partial charge is 0.169 e. The SMILES string of the molecule is [CH2][C@@H]1OC2(CCCC2)O[C@H]1c1c(Cl)cccc1Cl. The van der Waals surface area contributed by atoms with Gasteiger partial charge in [-0.05, 0) is 31.9 Å². The van der Waals surface area contributed by atoms with Crippen molar-refractivity contribution in [2.45, 2.75) is 43.7 Å². The lowest BCUT2D eigenvalue weighted by molar-refractivity contribution is -0.167. The minimum Gasteiger partial charge on any atom is -0.344 e. The van der Waals surface area contributed by atoms with Gasteiger partial charge >= 0.3 is 0 Å². The van der Waals surface area contributed by atoms with E-state index >= 15 is 0 Å². The molecule has 3 rings (SSSR count). The van der Waals surface area contributed by atoms with E-state index in [-0.39, 0.29) is 12.2 Å². The fourth-order valence-corrected chi connectivity index (χ4v) is 3.46. The third-order valence-corrected chi connectivity index (χ3v) is 4.35. The summed E-state index contributed by atoms with van der Waals surface area (Å²) in [6.45, 7) is 4.03. The molecule has 2 nitrogen and oxygen atoms in total. The summed E-state index contributed by atoms with van der Waals surface area (Å²) in [4.78, 5) is 0. The molecule has 1 aromatic rings. The molecule has 0 amide bonds. The maximum atomic E-state index is 6.22. The highest BCUT2D eigenvalue weighted by Crippen LogP contribution is 2.49. The Hall–Kier alpha value is -0.280. The average molecular weight is 286 g/mol. The molecule has 0 unspecified atom stereocenters. The Balaban J connectivity index is 1.93. The summed E-state index contributed by atoms with van der Waals surface area (Å²) in [5.41, 5.74) is 0.796. The van der Waals surface area contributed by atoms with Crippen LogP contribution in [-0.2, 0) is 9.47 Å². The van der Waals surface area contributed by atoms with Crippen LogP contribution in [0.25, 0.3) is 0 Å². The van der Waals surface area contributed by atoms with Gasteiger partial charge in [-0.15, -0.1) is 0 Å². The van der Waals surface area contributed by atoms with Gasteiger partial charge in [-0.1, -0.05) is 29.3 Å². The predicted molar refractivity (Wildman–Crippen MR) is 71.7 cm³/mol. The lowest BCUT2D eigenvalue weighted by atomic mass is 10.1. The largest absolute Gasteiger partial charge is 0.344 e. The van der Waals surface area contributed by atoms with Crippen LogP contribution in [0.1, 0.15) is 37.4 Å². The molecule has 4 heteroatoms. The summed E-state index contributed by atoms with van der Waals surface area (Å²) in [6.07, 6.45) is 3.59. The normalized spacial score (nSPS) is 30.2. The Kier molecular flexibility index (Phi) is 3.31. The first-order valence-corrected chi connectivity index (χ1v) is 6.99. The highest BCUT2D eigenvalue weighted by molar-refractivity contribution is 6.36. The first kappa shape index (κ1) is 12.7. The van der Waals surface area contributed by atoms with E-state index in [1.54, 1.807) is 0 Å². The molecule has 1 aromatic carbocycles. The van der Waals surface area contributed by atoms with Crippen molar-refractivity contribution < 1.29 is 9.47 Å². The van der Waals surface area contributed by atoms with E-state index in [1.807, 2.05) is 18.2 Å². The number of benzene rings is 1. The van der Waals surface area contributed by atoms with E-state index < -0.39 is 5.79 Å². The van der Waals surface area contributed by atoms with E-state index in [1.165, 1.54) is 0 Å². The second-order valence-corrected chi connectivity index (χ2v) is 5.76. The summed E-state index contributed by atoms with van der Waals surface area (Å²) in [5, 5.41) is 1.22. The van der Waals surface area contributed by atoms with Crippen LogP contribution in [0.2, 0.25) is 10.0 Å². The second kappa shape index (κ2) is 4.68. The van der Waals surface area contributed by atoms with Crippen molar-refractivity contribution in [2.75, 3.05) is 0 Å². The van der Waals surface area contributed by atoms with Gasteiger partial charge in [0.1, 0.15) is 6.10 Å². The minimum atomic E-state index is -0.459. The lowest BCUT2D eigenvalue weighted by Crippen LogP contribution is -2.26. The molecule has 0 aromatic heterocycles. The molecule has 1 heterocycles. The third kappa shape index (κ3) is 2.05. The molecular weight excluding hydrogens is 271 g/mol. The standard InChI is InChI=1S/C14H15Cl2O2/c1-9-13(12-10(15)5-4-6-11(12)16)18-14(17-9)7-2-3-8-14/h4-6,9,13H,1-3,7-8H2/t9-,13+/m0/s1. The Labute approximate surface area is 117 Å². The van der Waals surface area contributed by atoms with Gasteiger partial charge in [0, 0.05) is 28.5 Å². The van der Waals surface area contributed by atoms with Gasteiger partial charge in [-0.2, -0.15) is 0 Å². The van der Waals surface area contributed by atoms with E-state index in [9.17, 15) is 0 Å². The highest BCUT2D eigenvalue weighted by atomic mass is 35.5. The van der Waals surface area contributed by atoms with Gasteiger partial charge in [-0.3, -0.25) is 0 Å². The molecule has 1 saturated heterocycles. The number of hydrogen-bond donors (Lipinski definition) is 0. The Morgan fingerprint density at radius 3 is 2.33 bits per heavy atom. The van der Waals surface area contributed by atoms with Gasteiger partial charge in [0.05, 0.1) is 6.10 Å². The molecule has 18 heavy (non-hydrogen) atoms. The molecule has 2 fully saturated rings. The number of halogens is 2. The van der Waals surface area contributed by atoms with Crippen molar-refractivity contribution >= 4 is 23.2 Å². The van der Waals surface area contributed by atoms with Crippen LogP contribution in [0.15, 0.2) is 18.2 Å². The molecule has 1 aliphatic carbocycles. The van der Waals surface area contributed by atoms with E-state index in [0.717, 1.165) is 31.2 Å². The van der Waals surface area contributed by atoms with E-state index in [4.69, 9.17) is 32.7 Å². The molecular formula is C14H15Cl2O2. The van der Waals surface area contributed by atoms with Crippen molar-refractivity contribution in [1.82, 2.24) is 0 Å². The summed E-state index contributed by atoms with van der Waals surface area (Å²) in [5.74, 6) is -0.459. The van der Waals surface area contributed by atoms with Crippen LogP contribution in [0, 0.1) is 6.92 Å². The summed E-state index contributed by atoms with van der Waals surface area (Å²) < 4.78 is 12.1. The van der Waals surface area contributed by atoms with Crippen molar-refractivity contribution in [3.63, 3.8) is 0 Å². The molecule has 1 aliphatic heterocycles. The fraction of sp³-hybridized carbons (Fsp3) is 0.500. The Bertz CT molecular complexity index is 435. The monoisotopic (exact) mass is 285 g/mol. The summed E-state index contributed by atoms with van der Waals surface area (Å²) in [7, 11) is 0. The zero-order chi connectivity index (χ0) is 12.8. The molecule has 97 valence electrons. The van der Waals surface area contributed by atoms with Gasteiger partial charge in [0.2, 0.25) is 0 Å². The van der Waals surface area contributed by atoms with Crippen LogP contribution < -0.4 is 0 Å². The quantitative estimate of drug-likeness (QED) is 0.753. The molecule has 1 saturated carbocycles. The highest BCUT2D eigenvalue weighted by Gasteiger charge is 2.48. The van der Waals surface area contributed by atoms with Gasteiger partial charge in [0.15, 0.2) is 5.79 Å². The van der Waals surface area contributed by atoms with E-state index in [2.05, 4.69) is 6.92 Å². The number of hydrogen-bond acceptors (Lipinski definition) is 2. The maximum Gasteiger partial charge on any atom is 0.169 e. The topological polar surface area (TPSA) is 18.5 Å². The van der Waals surface area contributed by atoms with Crippen molar-refractivity contribution in [1.29, 1.82) is 0 Å².